The molecule has 25 heavy (non-hydrogen) atoms. The lowest BCUT2D eigenvalue weighted by atomic mass is 9.93. The van der Waals surface area contributed by atoms with Crippen molar-refractivity contribution in [3.8, 4) is 5.75 Å². The molecule has 0 radical (unpaired) electrons. The quantitative estimate of drug-likeness (QED) is 0.872. The first-order valence-corrected chi connectivity index (χ1v) is 7.99. The molecule has 0 bridgehead atoms. The van der Waals surface area contributed by atoms with Crippen molar-refractivity contribution < 1.29 is 19.1 Å². The lowest BCUT2D eigenvalue weighted by Gasteiger charge is -2.27. The van der Waals surface area contributed by atoms with E-state index in [0.717, 1.165) is 5.56 Å². The smallest absolute Gasteiger partial charge is 0.258 e. The standard InChI is InChI=1S/C20H19NO4/c1-21-20(23)18-16(22)12-17(13-6-4-3-5-7-13)25-19(18)14-8-10-15(24-2)11-9-14/h3-11,17H,12H2,1-2H3,(H,21,23). The normalized spacial score (nSPS) is 17.0. The zero-order valence-electron chi connectivity index (χ0n) is 14.1. The van der Waals surface area contributed by atoms with Crippen LogP contribution in [0.15, 0.2) is 60.2 Å². The Labute approximate surface area is 146 Å². The van der Waals surface area contributed by atoms with E-state index in [0.29, 0.717) is 17.1 Å². The molecule has 1 N–H and O–H groups in total. The summed E-state index contributed by atoms with van der Waals surface area (Å²) in [6, 6.07) is 16.6. The zero-order chi connectivity index (χ0) is 17.8. The third kappa shape index (κ3) is 3.40. The monoisotopic (exact) mass is 337 g/mol. The van der Waals surface area contributed by atoms with Crippen LogP contribution in [0.1, 0.15) is 23.7 Å². The maximum absolute atomic E-state index is 12.7. The highest BCUT2D eigenvalue weighted by atomic mass is 16.5. The number of rotatable bonds is 4. The van der Waals surface area contributed by atoms with E-state index in [1.54, 1.807) is 31.4 Å². The topological polar surface area (TPSA) is 64.6 Å². The van der Waals surface area contributed by atoms with Crippen LogP contribution in [0.4, 0.5) is 0 Å². The summed E-state index contributed by atoms with van der Waals surface area (Å²) in [4.78, 5) is 24.9. The minimum atomic E-state index is -0.442. The molecule has 128 valence electrons. The summed E-state index contributed by atoms with van der Waals surface area (Å²) < 4.78 is 11.3. The van der Waals surface area contributed by atoms with Gasteiger partial charge in [0.05, 0.1) is 13.5 Å². The second-order valence-electron chi connectivity index (χ2n) is 5.66. The Morgan fingerprint density at radius 1 is 1.12 bits per heavy atom. The van der Waals surface area contributed by atoms with Crippen molar-refractivity contribution in [3.63, 3.8) is 0 Å². The number of benzene rings is 2. The van der Waals surface area contributed by atoms with Gasteiger partial charge in [0.1, 0.15) is 23.2 Å². The minimum absolute atomic E-state index is 0.0554. The average Bonchev–Trinajstić information content (AvgIpc) is 2.67. The van der Waals surface area contributed by atoms with Crippen LogP contribution in [0.3, 0.4) is 0 Å². The molecule has 5 nitrogen and oxygen atoms in total. The predicted molar refractivity (Wildman–Crippen MR) is 93.9 cm³/mol. The maximum atomic E-state index is 12.7. The number of nitrogens with one attached hydrogen (secondary N) is 1. The Kier molecular flexibility index (Phi) is 4.84. The highest BCUT2D eigenvalue weighted by molar-refractivity contribution is 6.24. The first-order valence-electron chi connectivity index (χ1n) is 7.99. The third-order valence-electron chi connectivity index (χ3n) is 4.11. The summed E-state index contributed by atoms with van der Waals surface area (Å²) in [7, 11) is 3.08. The second-order valence-corrected chi connectivity index (χ2v) is 5.66. The molecule has 0 aromatic heterocycles. The van der Waals surface area contributed by atoms with E-state index >= 15 is 0 Å². The summed E-state index contributed by atoms with van der Waals surface area (Å²) in [6.07, 6.45) is -0.286. The van der Waals surface area contributed by atoms with Crippen molar-refractivity contribution in [3.05, 3.63) is 71.3 Å². The summed E-state index contributed by atoms with van der Waals surface area (Å²) in [5.41, 5.74) is 1.62. The van der Waals surface area contributed by atoms with Gasteiger partial charge in [0.2, 0.25) is 0 Å². The van der Waals surface area contributed by atoms with Gasteiger partial charge >= 0.3 is 0 Å². The van der Waals surface area contributed by atoms with E-state index in [4.69, 9.17) is 9.47 Å². The van der Waals surface area contributed by atoms with Gasteiger partial charge in [-0.05, 0) is 29.8 Å². The number of ketones is 1. The van der Waals surface area contributed by atoms with E-state index < -0.39 is 12.0 Å². The molecule has 1 atom stereocenters. The van der Waals surface area contributed by atoms with Crippen molar-refractivity contribution in [2.75, 3.05) is 14.2 Å². The van der Waals surface area contributed by atoms with Gasteiger partial charge in [0, 0.05) is 12.6 Å². The fourth-order valence-electron chi connectivity index (χ4n) is 2.80. The molecule has 1 heterocycles. The minimum Gasteiger partial charge on any atom is -0.497 e. The van der Waals surface area contributed by atoms with Crippen molar-refractivity contribution >= 4 is 17.4 Å². The molecule has 1 amide bonds. The van der Waals surface area contributed by atoms with Gasteiger partial charge in [-0.15, -0.1) is 0 Å². The van der Waals surface area contributed by atoms with Gasteiger partial charge in [-0.25, -0.2) is 0 Å². The number of carbonyl (C=O) groups is 2. The summed E-state index contributed by atoms with van der Waals surface area (Å²) in [5.74, 6) is 0.312. The number of ether oxygens (including phenoxy) is 2. The molecule has 1 unspecified atom stereocenters. The van der Waals surface area contributed by atoms with Crippen molar-refractivity contribution in [2.24, 2.45) is 0 Å². The molecule has 5 heteroatoms. The Morgan fingerprint density at radius 3 is 2.40 bits per heavy atom. The predicted octanol–water partition coefficient (Wildman–Crippen LogP) is 2.88. The second kappa shape index (κ2) is 7.21. The number of methoxy groups -OCH3 is 1. The van der Waals surface area contributed by atoms with Crippen LogP contribution in [0.5, 0.6) is 5.75 Å². The Bertz CT molecular complexity index is 809. The van der Waals surface area contributed by atoms with Crippen LogP contribution < -0.4 is 10.1 Å². The average molecular weight is 337 g/mol. The number of amides is 1. The molecule has 0 saturated carbocycles. The van der Waals surface area contributed by atoms with E-state index in [1.807, 2.05) is 30.3 Å². The number of hydrogen-bond acceptors (Lipinski definition) is 4. The van der Waals surface area contributed by atoms with Gasteiger partial charge in [-0.3, -0.25) is 9.59 Å². The highest BCUT2D eigenvalue weighted by Gasteiger charge is 2.34. The molecule has 1 aliphatic rings. The van der Waals surface area contributed by atoms with Gasteiger partial charge < -0.3 is 14.8 Å². The van der Waals surface area contributed by atoms with E-state index in [1.165, 1.54) is 7.05 Å². The van der Waals surface area contributed by atoms with Crippen molar-refractivity contribution in [1.82, 2.24) is 5.32 Å². The highest BCUT2D eigenvalue weighted by Crippen LogP contribution is 2.37. The molecular formula is C20H19NO4. The van der Waals surface area contributed by atoms with E-state index in [2.05, 4.69) is 5.32 Å². The van der Waals surface area contributed by atoms with Crippen LogP contribution in [0.2, 0.25) is 0 Å². The van der Waals surface area contributed by atoms with E-state index in [-0.39, 0.29) is 17.8 Å². The van der Waals surface area contributed by atoms with Crippen LogP contribution in [-0.4, -0.2) is 25.8 Å². The van der Waals surface area contributed by atoms with E-state index in [9.17, 15) is 9.59 Å². The maximum Gasteiger partial charge on any atom is 0.258 e. The first kappa shape index (κ1) is 16.8. The fraction of sp³-hybridized carbons (Fsp3) is 0.200. The molecular weight excluding hydrogens is 318 g/mol. The summed E-state index contributed by atoms with van der Waals surface area (Å²) in [5, 5.41) is 2.52. The third-order valence-corrected chi connectivity index (χ3v) is 4.11. The molecule has 3 rings (SSSR count). The molecule has 0 fully saturated rings. The number of likely N-dealkylation sites (N-methyl/N-ethyl adjacent to an activating group) is 1. The van der Waals surface area contributed by atoms with Crippen LogP contribution in [0, 0.1) is 0 Å². The molecule has 0 spiro atoms. The SMILES string of the molecule is CNC(=O)C1=C(c2ccc(OC)cc2)OC(c2ccccc2)CC1=O. The Hall–Kier alpha value is -3.08. The van der Waals surface area contributed by atoms with Crippen molar-refractivity contribution in [2.45, 2.75) is 12.5 Å². The number of hydrogen-bond donors (Lipinski definition) is 1. The molecule has 1 aliphatic heterocycles. The molecule has 0 aliphatic carbocycles. The van der Waals surface area contributed by atoms with Gasteiger partial charge in [-0.1, -0.05) is 30.3 Å². The lowest BCUT2D eigenvalue weighted by Crippen LogP contribution is -2.31. The fourth-order valence-corrected chi connectivity index (χ4v) is 2.80. The van der Waals surface area contributed by atoms with Crippen LogP contribution >= 0.6 is 0 Å². The van der Waals surface area contributed by atoms with Crippen LogP contribution in [-0.2, 0) is 14.3 Å². The van der Waals surface area contributed by atoms with Crippen LogP contribution in [0.25, 0.3) is 5.76 Å². The van der Waals surface area contributed by atoms with Gasteiger partial charge in [0.25, 0.3) is 5.91 Å². The molecule has 2 aromatic rings. The Balaban J connectivity index is 2.05. The van der Waals surface area contributed by atoms with Crippen molar-refractivity contribution in [1.29, 1.82) is 0 Å². The summed E-state index contributed by atoms with van der Waals surface area (Å²) in [6.45, 7) is 0. The zero-order valence-corrected chi connectivity index (χ0v) is 14.1. The first-order chi connectivity index (χ1) is 12.1. The summed E-state index contributed by atoms with van der Waals surface area (Å²) >= 11 is 0. The molecule has 0 saturated heterocycles. The number of Topliss-reactive ketones (excluding diaryl/α,β-unsaturated/α-hetero) is 1. The lowest BCUT2D eigenvalue weighted by molar-refractivity contribution is -0.124. The van der Waals surface area contributed by atoms with Gasteiger partial charge in [-0.2, -0.15) is 0 Å². The largest absolute Gasteiger partial charge is 0.497 e. The number of carbonyl (C=O) groups excluding carboxylic acids is 2. The molecule has 2 aromatic carbocycles. The van der Waals surface area contributed by atoms with Gasteiger partial charge in [0.15, 0.2) is 5.78 Å². The Morgan fingerprint density at radius 2 is 1.80 bits per heavy atom.